The fourth-order valence-corrected chi connectivity index (χ4v) is 2.69. The molecule has 1 fully saturated rings. The van der Waals surface area contributed by atoms with Crippen LogP contribution in [0.3, 0.4) is 0 Å². The average Bonchev–Trinajstić information content (AvgIpc) is 2.77. The Kier molecular flexibility index (Phi) is 9.59. The maximum atomic E-state index is 5.76. The molecule has 2 nitrogen and oxygen atoms in total. The zero-order valence-electron chi connectivity index (χ0n) is 12.5. The van der Waals surface area contributed by atoms with E-state index in [1.165, 1.54) is 38.5 Å². The van der Waals surface area contributed by atoms with Gasteiger partial charge in [0.05, 0.1) is 0 Å². The number of ether oxygens (including phenoxy) is 2. The highest BCUT2D eigenvalue weighted by Gasteiger charge is 2.20. The first kappa shape index (κ1) is 16.0. The first-order chi connectivity index (χ1) is 8.83. The summed E-state index contributed by atoms with van der Waals surface area (Å²) in [5.74, 6) is 1.76. The Morgan fingerprint density at radius 1 is 0.889 bits per heavy atom. The van der Waals surface area contributed by atoms with Gasteiger partial charge in [-0.3, -0.25) is 0 Å². The Labute approximate surface area is 113 Å². The molecule has 0 N–H and O–H groups in total. The van der Waals surface area contributed by atoms with Crippen LogP contribution in [-0.2, 0) is 9.47 Å². The lowest BCUT2D eigenvalue weighted by atomic mass is 10.1. The summed E-state index contributed by atoms with van der Waals surface area (Å²) in [6.07, 6.45) is 10.2. The summed E-state index contributed by atoms with van der Waals surface area (Å²) in [5.41, 5.74) is 0. The van der Waals surface area contributed by atoms with Crippen molar-refractivity contribution in [2.45, 2.75) is 65.2 Å². The number of rotatable bonds is 11. The van der Waals surface area contributed by atoms with Crippen molar-refractivity contribution >= 4 is 0 Å². The molecule has 1 unspecified atom stereocenters. The van der Waals surface area contributed by atoms with Gasteiger partial charge in [-0.25, -0.2) is 0 Å². The topological polar surface area (TPSA) is 18.5 Å². The molecule has 108 valence electrons. The molecule has 2 atom stereocenters. The Hall–Kier alpha value is -0.0800. The van der Waals surface area contributed by atoms with Crippen molar-refractivity contribution in [3.63, 3.8) is 0 Å². The van der Waals surface area contributed by atoms with Gasteiger partial charge in [-0.05, 0) is 43.9 Å². The molecular weight excluding hydrogens is 224 g/mol. The van der Waals surface area contributed by atoms with E-state index in [1.54, 1.807) is 0 Å². The lowest BCUT2D eigenvalue weighted by Gasteiger charge is -2.10. The van der Waals surface area contributed by atoms with E-state index >= 15 is 0 Å². The summed E-state index contributed by atoms with van der Waals surface area (Å²) in [6.45, 7) is 8.34. The predicted octanol–water partition coefficient (Wildman–Crippen LogP) is 4.43. The minimum absolute atomic E-state index is 0.838. The van der Waals surface area contributed by atoms with Crippen LogP contribution in [-0.4, -0.2) is 26.4 Å². The molecule has 1 saturated carbocycles. The maximum Gasteiger partial charge on any atom is 0.0494 e. The van der Waals surface area contributed by atoms with E-state index in [2.05, 4.69) is 13.8 Å². The minimum atomic E-state index is 0.838. The highest BCUT2D eigenvalue weighted by atomic mass is 16.5. The molecule has 0 amide bonds. The SMILES string of the molecule is CCCCCOCCCCOCC1CC[C@H](C)C1. The third-order valence-electron chi connectivity index (χ3n) is 3.88. The quantitative estimate of drug-likeness (QED) is 0.509. The van der Waals surface area contributed by atoms with Crippen LogP contribution in [0.1, 0.15) is 65.2 Å². The Balaban J connectivity index is 1.73. The molecule has 0 saturated heterocycles. The van der Waals surface area contributed by atoms with E-state index in [1.807, 2.05) is 0 Å². The summed E-state index contributed by atoms with van der Waals surface area (Å²) < 4.78 is 11.3. The van der Waals surface area contributed by atoms with Crippen molar-refractivity contribution in [1.82, 2.24) is 0 Å². The third kappa shape index (κ3) is 8.10. The molecule has 0 spiro atoms. The van der Waals surface area contributed by atoms with Crippen molar-refractivity contribution in [3.8, 4) is 0 Å². The Morgan fingerprint density at radius 2 is 1.56 bits per heavy atom. The summed E-state index contributed by atoms with van der Waals surface area (Å²) in [5, 5.41) is 0. The van der Waals surface area contributed by atoms with Gasteiger partial charge in [-0.1, -0.05) is 33.1 Å². The third-order valence-corrected chi connectivity index (χ3v) is 3.88. The van der Waals surface area contributed by atoms with Crippen LogP contribution >= 0.6 is 0 Å². The first-order valence-corrected chi connectivity index (χ1v) is 7.98. The van der Waals surface area contributed by atoms with Crippen molar-refractivity contribution in [2.24, 2.45) is 11.8 Å². The van der Waals surface area contributed by atoms with Crippen LogP contribution in [0.2, 0.25) is 0 Å². The van der Waals surface area contributed by atoms with Gasteiger partial charge in [0.25, 0.3) is 0 Å². The molecule has 1 aliphatic rings. The summed E-state index contributed by atoms with van der Waals surface area (Å²) in [6, 6.07) is 0. The molecule has 1 rings (SSSR count). The molecule has 1 aliphatic carbocycles. The highest BCUT2D eigenvalue weighted by molar-refractivity contribution is 4.72. The van der Waals surface area contributed by atoms with Crippen LogP contribution < -0.4 is 0 Å². The largest absolute Gasteiger partial charge is 0.381 e. The normalized spacial score (nSPS) is 23.7. The van der Waals surface area contributed by atoms with E-state index in [0.29, 0.717) is 0 Å². The van der Waals surface area contributed by atoms with Crippen LogP contribution in [0.15, 0.2) is 0 Å². The number of hydrogen-bond acceptors (Lipinski definition) is 2. The molecule has 18 heavy (non-hydrogen) atoms. The predicted molar refractivity (Wildman–Crippen MR) is 76.9 cm³/mol. The zero-order chi connectivity index (χ0) is 13.1. The van der Waals surface area contributed by atoms with E-state index in [-0.39, 0.29) is 0 Å². The summed E-state index contributed by atoms with van der Waals surface area (Å²) >= 11 is 0. The van der Waals surface area contributed by atoms with Crippen molar-refractivity contribution in [2.75, 3.05) is 26.4 Å². The van der Waals surface area contributed by atoms with Crippen LogP contribution in [0.25, 0.3) is 0 Å². The van der Waals surface area contributed by atoms with E-state index in [9.17, 15) is 0 Å². The second-order valence-corrected chi connectivity index (χ2v) is 5.89. The molecule has 0 aliphatic heterocycles. The van der Waals surface area contributed by atoms with Crippen molar-refractivity contribution < 1.29 is 9.47 Å². The monoisotopic (exact) mass is 256 g/mol. The average molecular weight is 256 g/mol. The Morgan fingerprint density at radius 3 is 2.17 bits per heavy atom. The van der Waals surface area contributed by atoms with Crippen molar-refractivity contribution in [3.05, 3.63) is 0 Å². The number of hydrogen-bond donors (Lipinski definition) is 0. The lowest BCUT2D eigenvalue weighted by molar-refractivity contribution is 0.0830. The van der Waals surface area contributed by atoms with Gasteiger partial charge in [0.1, 0.15) is 0 Å². The molecule has 0 aromatic heterocycles. The standard InChI is InChI=1S/C16H32O2/c1-3-4-5-10-17-11-6-7-12-18-14-16-9-8-15(2)13-16/h15-16H,3-14H2,1-2H3/t15-,16?/m0/s1. The van der Waals surface area contributed by atoms with Gasteiger partial charge in [0.15, 0.2) is 0 Å². The van der Waals surface area contributed by atoms with Gasteiger partial charge >= 0.3 is 0 Å². The summed E-state index contributed by atoms with van der Waals surface area (Å²) in [7, 11) is 0. The molecule has 2 heteroatoms. The van der Waals surface area contributed by atoms with Gasteiger partial charge in [0, 0.05) is 26.4 Å². The fourth-order valence-electron chi connectivity index (χ4n) is 2.69. The fraction of sp³-hybridized carbons (Fsp3) is 1.00. The second-order valence-electron chi connectivity index (χ2n) is 5.89. The smallest absolute Gasteiger partial charge is 0.0494 e. The Bertz CT molecular complexity index is 182. The summed E-state index contributed by atoms with van der Waals surface area (Å²) in [4.78, 5) is 0. The minimum Gasteiger partial charge on any atom is -0.381 e. The second kappa shape index (κ2) is 10.8. The van der Waals surface area contributed by atoms with E-state index in [0.717, 1.165) is 51.1 Å². The maximum absolute atomic E-state index is 5.76. The highest BCUT2D eigenvalue weighted by Crippen LogP contribution is 2.30. The van der Waals surface area contributed by atoms with Crippen molar-refractivity contribution in [1.29, 1.82) is 0 Å². The van der Waals surface area contributed by atoms with Crippen LogP contribution in [0.4, 0.5) is 0 Å². The molecular formula is C16H32O2. The molecule has 0 heterocycles. The van der Waals surface area contributed by atoms with E-state index in [4.69, 9.17) is 9.47 Å². The molecule has 0 aromatic carbocycles. The molecule has 0 aromatic rings. The van der Waals surface area contributed by atoms with Gasteiger partial charge in [-0.15, -0.1) is 0 Å². The van der Waals surface area contributed by atoms with Gasteiger partial charge < -0.3 is 9.47 Å². The molecule has 0 radical (unpaired) electrons. The van der Waals surface area contributed by atoms with Gasteiger partial charge in [0.2, 0.25) is 0 Å². The van der Waals surface area contributed by atoms with Crippen LogP contribution in [0, 0.1) is 11.8 Å². The first-order valence-electron chi connectivity index (χ1n) is 7.98. The van der Waals surface area contributed by atoms with Crippen LogP contribution in [0.5, 0.6) is 0 Å². The molecule has 0 bridgehead atoms. The zero-order valence-corrected chi connectivity index (χ0v) is 12.5. The number of unbranched alkanes of at least 4 members (excludes halogenated alkanes) is 3. The van der Waals surface area contributed by atoms with E-state index < -0.39 is 0 Å². The van der Waals surface area contributed by atoms with Gasteiger partial charge in [-0.2, -0.15) is 0 Å². The lowest BCUT2D eigenvalue weighted by Crippen LogP contribution is -2.07.